The molecule has 68 valence electrons. The van der Waals surface area contributed by atoms with Gasteiger partial charge in [-0.05, 0) is 56.3 Å². The van der Waals surface area contributed by atoms with Crippen LogP contribution in [-0.4, -0.2) is 12.7 Å². The highest BCUT2D eigenvalue weighted by Crippen LogP contribution is 2.60. The molecule has 3 fully saturated rings. The summed E-state index contributed by atoms with van der Waals surface area (Å²) < 4.78 is 5.87. The molecule has 0 aromatic heterocycles. The van der Waals surface area contributed by atoms with E-state index in [1.807, 2.05) is 0 Å². The summed E-state index contributed by atoms with van der Waals surface area (Å²) in [7, 11) is 0. The molecule has 0 aliphatic heterocycles. The van der Waals surface area contributed by atoms with Gasteiger partial charge in [0.25, 0.3) is 0 Å². The van der Waals surface area contributed by atoms with E-state index in [4.69, 9.17) is 4.74 Å². The molecule has 3 aliphatic rings. The number of ether oxygens (including phenoxy) is 1. The lowest BCUT2D eigenvalue weighted by Crippen LogP contribution is -2.29. The first kappa shape index (κ1) is 7.37. The van der Waals surface area contributed by atoms with Crippen molar-refractivity contribution in [3.05, 3.63) is 0 Å². The van der Waals surface area contributed by atoms with E-state index >= 15 is 0 Å². The average Bonchev–Trinajstić information content (AvgIpc) is 2.61. The van der Waals surface area contributed by atoms with E-state index in [1.165, 1.54) is 25.7 Å². The van der Waals surface area contributed by atoms with Crippen molar-refractivity contribution in [3.63, 3.8) is 0 Å². The van der Waals surface area contributed by atoms with Crippen LogP contribution in [0.25, 0.3) is 0 Å². The highest BCUT2D eigenvalue weighted by Gasteiger charge is 2.56. The Morgan fingerprint density at radius 2 is 2.00 bits per heavy atom. The summed E-state index contributed by atoms with van der Waals surface area (Å²) in [6.45, 7) is 3.06. The summed E-state index contributed by atoms with van der Waals surface area (Å²) in [6, 6.07) is 0. The molecule has 3 rings (SSSR count). The zero-order valence-electron chi connectivity index (χ0n) is 7.83. The maximum absolute atomic E-state index is 5.87. The third kappa shape index (κ3) is 0.783. The predicted molar refractivity (Wildman–Crippen MR) is 47.8 cm³/mol. The Morgan fingerprint density at radius 3 is 2.83 bits per heavy atom. The van der Waals surface area contributed by atoms with Crippen molar-refractivity contribution >= 4 is 0 Å². The Bertz CT molecular complexity index is 187. The van der Waals surface area contributed by atoms with Crippen molar-refractivity contribution in [2.24, 2.45) is 23.7 Å². The number of hydrogen-bond acceptors (Lipinski definition) is 1. The minimum atomic E-state index is 0.666. The van der Waals surface area contributed by atoms with Crippen LogP contribution >= 0.6 is 0 Å². The van der Waals surface area contributed by atoms with Gasteiger partial charge < -0.3 is 4.74 Å². The lowest BCUT2D eigenvalue weighted by Gasteiger charge is -2.27. The minimum Gasteiger partial charge on any atom is -0.378 e. The van der Waals surface area contributed by atoms with Gasteiger partial charge in [-0.25, -0.2) is 0 Å². The topological polar surface area (TPSA) is 9.23 Å². The molecule has 5 atom stereocenters. The van der Waals surface area contributed by atoms with Crippen LogP contribution in [0.1, 0.15) is 32.6 Å². The smallest absolute Gasteiger partial charge is 0.0634 e. The predicted octanol–water partition coefficient (Wildman–Crippen LogP) is 2.46. The molecule has 0 saturated heterocycles. The third-order valence-corrected chi connectivity index (χ3v) is 4.45. The van der Waals surface area contributed by atoms with Crippen LogP contribution in [0.2, 0.25) is 0 Å². The van der Waals surface area contributed by atoms with Crippen LogP contribution in [0, 0.1) is 23.7 Å². The first-order chi connectivity index (χ1) is 5.90. The Morgan fingerprint density at radius 1 is 1.08 bits per heavy atom. The van der Waals surface area contributed by atoms with Crippen molar-refractivity contribution < 1.29 is 4.74 Å². The van der Waals surface area contributed by atoms with Crippen molar-refractivity contribution in [2.45, 2.75) is 38.7 Å². The molecule has 0 aromatic carbocycles. The summed E-state index contributed by atoms with van der Waals surface area (Å²) in [6.07, 6.45) is 6.64. The van der Waals surface area contributed by atoms with Gasteiger partial charge >= 0.3 is 0 Å². The zero-order valence-corrected chi connectivity index (χ0v) is 7.83. The maximum Gasteiger partial charge on any atom is 0.0634 e. The second-order valence-corrected chi connectivity index (χ2v) is 4.82. The molecule has 1 heteroatoms. The molecule has 0 radical (unpaired) electrons. The highest BCUT2D eigenvalue weighted by atomic mass is 16.5. The monoisotopic (exact) mass is 166 g/mol. The van der Waals surface area contributed by atoms with Gasteiger partial charge in [-0.3, -0.25) is 0 Å². The molecular weight excluding hydrogens is 148 g/mol. The second kappa shape index (κ2) is 2.47. The van der Waals surface area contributed by atoms with E-state index < -0.39 is 0 Å². The molecule has 0 amide bonds. The minimum absolute atomic E-state index is 0.666. The van der Waals surface area contributed by atoms with Gasteiger partial charge in [0.15, 0.2) is 0 Å². The van der Waals surface area contributed by atoms with E-state index in [-0.39, 0.29) is 0 Å². The Kier molecular flexibility index (Phi) is 1.52. The molecule has 5 unspecified atom stereocenters. The van der Waals surface area contributed by atoms with Gasteiger partial charge in [0.2, 0.25) is 0 Å². The standard InChI is InChI=1S/C11H18O/c1-2-12-11-8-5-7-3-4-9(11)10(7)6-8/h7-11H,2-6H2,1H3. The first-order valence-corrected chi connectivity index (χ1v) is 5.51. The normalized spacial score (nSPS) is 55.2. The fourth-order valence-corrected chi connectivity index (χ4v) is 4.16. The fourth-order valence-electron chi connectivity index (χ4n) is 4.16. The van der Waals surface area contributed by atoms with Crippen molar-refractivity contribution in [1.82, 2.24) is 0 Å². The molecule has 3 saturated carbocycles. The van der Waals surface area contributed by atoms with E-state index in [2.05, 4.69) is 6.92 Å². The zero-order chi connectivity index (χ0) is 8.13. The van der Waals surface area contributed by atoms with E-state index in [0.29, 0.717) is 6.10 Å². The van der Waals surface area contributed by atoms with Gasteiger partial charge in [-0.2, -0.15) is 0 Å². The van der Waals surface area contributed by atoms with Crippen LogP contribution in [-0.2, 0) is 4.74 Å². The molecular formula is C11H18O. The van der Waals surface area contributed by atoms with Gasteiger partial charge in [0.1, 0.15) is 0 Å². The van der Waals surface area contributed by atoms with Crippen molar-refractivity contribution in [3.8, 4) is 0 Å². The van der Waals surface area contributed by atoms with Crippen LogP contribution in [0.15, 0.2) is 0 Å². The van der Waals surface area contributed by atoms with Crippen molar-refractivity contribution in [2.75, 3.05) is 6.61 Å². The molecule has 1 nitrogen and oxygen atoms in total. The molecule has 0 spiro atoms. The molecule has 2 bridgehead atoms. The van der Waals surface area contributed by atoms with E-state index in [9.17, 15) is 0 Å². The Hall–Kier alpha value is -0.0400. The largest absolute Gasteiger partial charge is 0.378 e. The lowest BCUT2D eigenvalue weighted by atomic mass is 9.86. The number of rotatable bonds is 2. The molecule has 12 heavy (non-hydrogen) atoms. The van der Waals surface area contributed by atoms with E-state index in [0.717, 1.165) is 30.3 Å². The summed E-state index contributed by atoms with van der Waals surface area (Å²) in [5, 5.41) is 0. The van der Waals surface area contributed by atoms with Crippen LogP contribution in [0.4, 0.5) is 0 Å². The van der Waals surface area contributed by atoms with Gasteiger partial charge in [-0.1, -0.05) is 0 Å². The van der Waals surface area contributed by atoms with E-state index in [1.54, 1.807) is 0 Å². The number of hydrogen-bond donors (Lipinski definition) is 0. The summed E-state index contributed by atoms with van der Waals surface area (Å²) >= 11 is 0. The fraction of sp³-hybridized carbons (Fsp3) is 1.00. The van der Waals surface area contributed by atoms with Crippen LogP contribution in [0.5, 0.6) is 0 Å². The molecule has 0 N–H and O–H groups in total. The summed E-state index contributed by atoms with van der Waals surface area (Å²) in [5.41, 5.74) is 0. The van der Waals surface area contributed by atoms with Gasteiger partial charge in [-0.15, -0.1) is 0 Å². The maximum atomic E-state index is 5.87. The quantitative estimate of drug-likeness (QED) is 0.612. The first-order valence-electron chi connectivity index (χ1n) is 5.51. The average molecular weight is 166 g/mol. The highest BCUT2D eigenvalue weighted by molar-refractivity contribution is 5.05. The van der Waals surface area contributed by atoms with Crippen LogP contribution in [0.3, 0.4) is 0 Å². The Balaban J connectivity index is 1.81. The molecule has 3 aliphatic carbocycles. The lowest BCUT2D eigenvalue weighted by molar-refractivity contribution is -0.00844. The second-order valence-electron chi connectivity index (χ2n) is 4.82. The molecule has 0 aromatic rings. The molecule has 0 heterocycles. The third-order valence-electron chi connectivity index (χ3n) is 4.45. The Labute approximate surface area is 74.5 Å². The summed E-state index contributed by atoms with van der Waals surface area (Å²) in [4.78, 5) is 0. The van der Waals surface area contributed by atoms with Crippen molar-refractivity contribution in [1.29, 1.82) is 0 Å². The SMILES string of the molecule is CCOC1C2CC3CCC1C3C2. The number of fused-ring (bicyclic) bond motifs is 1. The van der Waals surface area contributed by atoms with Crippen LogP contribution < -0.4 is 0 Å². The van der Waals surface area contributed by atoms with Gasteiger partial charge in [0.05, 0.1) is 6.10 Å². The van der Waals surface area contributed by atoms with Gasteiger partial charge in [0, 0.05) is 6.61 Å². The summed E-state index contributed by atoms with van der Waals surface area (Å²) in [5.74, 6) is 4.10.